The SMILES string of the molecule is O=C1[C@@H]2CCCN2C(=O)N1[C@H](CO)c1ccccc1. The van der Waals surface area contributed by atoms with Gasteiger partial charge in [-0.2, -0.15) is 0 Å². The van der Waals surface area contributed by atoms with E-state index in [1.807, 2.05) is 30.3 Å². The van der Waals surface area contributed by atoms with Gasteiger partial charge in [-0.1, -0.05) is 30.3 Å². The van der Waals surface area contributed by atoms with Crippen LogP contribution in [0.4, 0.5) is 4.79 Å². The maximum absolute atomic E-state index is 12.3. The van der Waals surface area contributed by atoms with Crippen molar-refractivity contribution >= 4 is 11.9 Å². The maximum Gasteiger partial charge on any atom is 0.328 e. The highest BCUT2D eigenvalue weighted by Gasteiger charge is 2.49. The molecule has 5 heteroatoms. The van der Waals surface area contributed by atoms with Crippen molar-refractivity contribution in [2.75, 3.05) is 13.2 Å². The number of urea groups is 1. The lowest BCUT2D eigenvalue weighted by atomic mass is 10.1. The normalized spacial score (nSPS) is 23.9. The van der Waals surface area contributed by atoms with Crippen LogP contribution in [0.2, 0.25) is 0 Å². The van der Waals surface area contributed by atoms with E-state index in [2.05, 4.69) is 0 Å². The molecule has 3 amide bonds. The molecule has 0 unspecified atom stereocenters. The highest BCUT2D eigenvalue weighted by atomic mass is 16.3. The second-order valence-electron chi connectivity index (χ2n) is 4.95. The number of hydrogen-bond donors (Lipinski definition) is 1. The van der Waals surface area contributed by atoms with Crippen LogP contribution < -0.4 is 0 Å². The first-order valence-electron chi connectivity index (χ1n) is 6.53. The monoisotopic (exact) mass is 260 g/mol. The van der Waals surface area contributed by atoms with Gasteiger partial charge < -0.3 is 10.0 Å². The lowest BCUT2D eigenvalue weighted by Gasteiger charge is -2.25. The Bertz CT molecular complexity index is 481. The molecule has 0 aromatic heterocycles. The van der Waals surface area contributed by atoms with E-state index in [-0.39, 0.29) is 24.6 Å². The number of carbonyl (C=O) groups is 2. The van der Waals surface area contributed by atoms with E-state index in [0.29, 0.717) is 6.54 Å². The lowest BCUT2D eigenvalue weighted by Crippen LogP contribution is -2.38. The number of nitrogens with zero attached hydrogens (tertiary/aromatic N) is 2. The fourth-order valence-electron chi connectivity index (χ4n) is 2.94. The third-order valence-electron chi connectivity index (χ3n) is 3.90. The molecular weight excluding hydrogens is 244 g/mol. The van der Waals surface area contributed by atoms with Gasteiger partial charge in [-0.15, -0.1) is 0 Å². The molecule has 5 nitrogen and oxygen atoms in total. The summed E-state index contributed by atoms with van der Waals surface area (Å²) in [5, 5.41) is 9.57. The molecule has 2 fully saturated rings. The molecular formula is C14H16N2O3. The molecule has 0 saturated carbocycles. The van der Waals surface area contributed by atoms with Crippen LogP contribution in [-0.4, -0.2) is 46.0 Å². The molecule has 2 heterocycles. The summed E-state index contributed by atoms with van der Waals surface area (Å²) < 4.78 is 0. The number of aliphatic hydroxyl groups excluding tert-OH is 1. The van der Waals surface area contributed by atoms with Crippen LogP contribution in [0.1, 0.15) is 24.4 Å². The van der Waals surface area contributed by atoms with Crippen LogP contribution in [0.3, 0.4) is 0 Å². The van der Waals surface area contributed by atoms with Crippen molar-refractivity contribution in [3.8, 4) is 0 Å². The second kappa shape index (κ2) is 4.66. The van der Waals surface area contributed by atoms with E-state index in [1.54, 1.807) is 4.90 Å². The third kappa shape index (κ3) is 1.81. The Hall–Kier alpha value is -1.88. The quantitative estimate of drug-likeness (QED) is 0.829. The highest BCUT2D eigenvalue weighted by Crippen LogP contribution is 2.33. The summed E-state index contributed by atoms with van der Waals surface area (Å²) in [7, 11) is 0. The van der Waals surface area contributed by atoms with Crippen molar-refractivity contribution in [1.29, 1.82) is 0 Å². The first kappa shape index (κ1) is 12.2. The van der Waals surface area contributed by atoms with Crippen LogP contribution in [0, 0.1) is 0 Å². The summed E-state index contributed by atoms with van der Waals surface area (Å²) in [5.74, 6) is -0.176. The molecule has 0 aliphatic carbocycles. The summed E-state index contributed by atoms with van der Waals surface area (Å²) in [6.07, 6.45) is 1.61. The average Bonchev–Trinajstić information content (AvgIpc) is 3.00. The Balaban J connectivity index is 1.92. The predicted molar refractivity (Wildman–Crippen MR) is 68.2 cm³/mol. The van der Waals surface area contributed by atoms with E-state index >= 15 is 0 Å². The minimum absolute atomic E-state index is 0.176. The van der Waals surface area contributed by atoms with Gasteiger partial charge in [0.05, 0.1) is 12.6 Å². The van der Waals surface area contributed by atoms with Gasteiger partial charge in [-0.05, 0) is 18.4 Å². The molecule has 3 rings (SSSR count). The number of carbonyl (C=O) groups excluding carboxylic acids is 2. The largest absolute Gasteiger partial charge is 0.394 e. The van der Waals surface area contributed by atoms with Crippen molar-refractivity contribution in [3.05, 3.63) is 35.9 Å². The standard InChI is InChI=1S/C14H16N2O3/c17-9-12(10-5-2-1-3-6-10)16-13(18)11-7-4-8-15(11)14(16)19/h1-3,5-6,11-12,17H,4,7-9H2/t11-,12+/m0/s1. The van der Waals surface area contributed by atoms with E-state index in [9.17, 15) is 14.7 Å². The van der Waals surface area contributed by atoms with Gasteiger partial charge in [-0.25, -0.2) is 4.79 Å². The van der Waals surface area contributed by atoms with E-state index in [1.165, 1.54) is 4.90 Å². The van der Waals surface area contributed by atoms with E-state index in [0.717, 1.165) is 18.4 Å². The van der Waals surface area contributed by atoms with Gasteiger partial charge in [0.1, 0.15) is 6.04 Å². The number of fused-ring (bicyclic) bond motifs is 1. The van der Waals surface area contributed by atoms with Crippen LogP contribution in [-0.2, 0) is 4.79 Å². The average molecular weight is 260 g/mol. The van der Waals surface area contributed by atoms with Crippen molar-refractivity contribution in [3.63, 3.8) is 0 Å². The van der Waals surface area contributed by atoms with Crippen molar-refractivity contribution < 1.29 is 14.7 Å². The fourth-order valence-corrected chi connectivity index (χ4v) is 2.94. The molecule has 100 valence electrons. The number of benzene rings is 1. The highest BCUT2D eigenvalue weighted by molar-refractivity contribution is 6.05. The number of amides is 3. The van der Waals surface area contributed by atoms with E-state index in [4.69, 9.17) is 0 Å². The molecule has 2 saturated heterocycles. The van der Waals surface area contributed by atoms with Crippen LogP contribution in [0.5, 0.6) is 0 Å². The van der Waals surface area contributed by atoms with Crippen LogP contribution in [0.15, 0.2) is 30.3 Å². The van der Waals surface area contributed by atoms with Crippen molar-refractivity contribution in [1.82, 2.24) is 9.80 Å². The Morgan fingerprint density at radius 2 is 2.00 bits per heavy atom. The Morgan fingerprint density at radius 1 is 1.26 bits per heavy atom. The van der Waals surface area contributed by atoms with Gasteiger partial charge in [-0.3, -0.25) is 9.69 Å². The topological polar surface area (TPSA) is 60.9 Å². The summed E-state index contributed by atoms with van der Waals surface area (Å²) in [5.41, 5.74) is 0.785. The molecule has 19 heavy (non-hydrogen) atoms. The van der Waals surface area contributed by atoms with Gasteiger partial charge in [0.25, 0.3) is 5.91 Å². The molecule has 1 aromatic rings. The van der Waals surface area contributed by atoms with Gasteiger partial charge in [0.2, 0.25) is 0 Å². The van der Waals surface area contributed by atoms with Crippen molar-refractivity contribution in [2.45, 2.75) is 24.9 Å². The Labute approximate surface area is 111 Å². The zero-order valence-electron chi connectivity index (χ0n) is 10.5. The van der Waals surface area contributed by atoms with Gasteiger partial charge in [0.15, 0.2) is 0 Å². The summed E-state index contributed by atoms with van der Waals surface area (Å²) >= 11 is 0. The summed E-state index contributed by atoms with van der Waals surface area (Å²) in [4.78, 5) is 27.5. The minimum atomic E-state index is -0.577. The first-order chi connectivity index (χ1) is 9.24. The zero-order chi connectivity index (χ0) is 13.4. The van der Waals surface area contributed by atoms with Crippen LogP contribution >= 0.6 is 0 Å². The fraction of sp³-hybridized carbons (Fsp3) is 0.429. The third-order valence-corrected chi connectivity index (χ3v) is 3.90. The predicted octanol–water partition coefficient (Wildman–Crippen LogP) is 1.15. The molecule has 0 radical (unpaired) electrons. The van der Waals surface area contributed by atoms with E-state index < -0.39 is 6.04 Å². The Morgan fingerprint density at radius 3 is 2.63 bits per heavy atom. The maximum atomic E-state index is 12.3. The smallest absolute Gasteiger partial charge is 0.328 e. The van der Waals surface area contributed by atoms with Gasteiger partial charge in [0, 0.05) is 6.54 Å². The number of aliphatic hydroxyl groups is 1. The summed E-state index contributed by atoms with van der Waals surface area (Å²) in [6.45, 7) is 0.390. The molecule has 2 aliphatic rings. The number of hydrogen-bond acceptors (Lipinski definition) is 3. The number of imide groups is 1. The first-order valence-corrected chi connectivity index (χ1v) is 6.53. The number of rotatable bonds is 3. The van der Waals surface area contributed by atoms with Gasteiger partial charge >= 0.3 is 6.03 Å². The zero-order valence-corrected chi connectivity index (χ0v) is 10.5. The Kier molecular flexibility index (Phi) is 2.98. The molecule has 1 aromatic carbocycles. The van der Waals surface area contributed by atoms with Crippen LogP contribution in [0.25, 0.3) is 0 Å². The lowest BCUT2D eigenvalue weighted by molar-refractivity contribution is -0.130. The molecule has 0 bridgehead atoms. The second-order valence-corrected chi connectivity index (χ2v) is 4.95. The molecule has 0 spiro atoms. The molecule has 1 N–H and O–H groups in total. The van der Waals surface area contributed by atoms with Crippen molar-refractivity contribution in [2.24, 2.45) is 0 Å². The minimum Gasteiger partial charge on any atom is -0.394 e. The molecule has 2 atom stereocenters. The summed E-state index contributed by atoms with van der Waals surface area (Å²) in [6, 6.07) is 8.03. The molecule has 2 aliphatic heterocycles.